The highest BCUT2D eigenvalue weighted by atomic mass is 32.2. The summed E-state index contributed by atoms with van der Waals surface area (Å²) >= 11 is 1.85. The van der Waals surface area contributed by atoms with E-state index in [1.165, 1.54) is 4.90 Å². The fourth-order valence-corrected chi connectivity index (χ4v) is 2.56. The van der Waals surface area contributed by atoms with Gasteiger partial charge in [0.15, 0.2) is 0 Å². The van der Waals surface area contributed by atoms with E-state index in [-0.39, 0.29) is 5.41 Å². The molecule has 98 valence electrons. The fraction of sp³-hybridized carbons (Fsp3) is 0.533. The SMILES string of the molecule is COc1cccc(SCCCCC(C)(C)C#N)c1. The number of benzene rings is 1. The van der Waals surface area contributed by atoms with Crippen molar-refractivity contribution in [2.24, 2.45) is 5.41 Å². The topological polar surface area (TPSA) is 33.0 Å². The molecule has 0 aliphatic heterocycles. The maximum absolute atomic E-state index is 8.92. The van der Waals surface area contributed by atoms with Gasteiger partial charge in [-0.05, 0) is 50.6 Å². The van der Waals surface area contributed by atoms with E-state index in [9.17, 15) is 0 Å². The quantitative estimate of drug-likeness (QED) is 0.536. The van der Waals surface area contributed by atoms with Crippen molar-refractivity contribution in [1.82, 2.24) is 0 Å². The van der Waals surface area contributed by atoms with Gasteiger partial charge in [-0.25, -0.2) is 0 Å². The van der Waals surface area contributed by atoms with Gasteiger partial charge in [-0.1, -0.05) is 12.5 Å². The number of nitrogens with zero attached hydrogens (tertiary/aromatic N) is 1. The lowest BCUT2D eigenvalue weighted by Gasteiger charge is -2.14. The number of methoxy groups -OCH3 is 1. The molecule has 0 aromatic heterocycles. The second-order valence-electron chi connectivity index (χ2n) is 4.98. The lowest BCUT2D eigenvalue weighted by Crippen LogP contribution is -2.07. The van der Waals surface area contributed by atoms with Gasteiger partial charge in [0.2, 0.25) is 0 Å². The van der Waals surface area contributed by atoms with Gasteiger partial charge in [0.1, 0.15) is 5.75 Å². The maximum atomic E-state index is 8.92. The molecule has 1 aromatic rings. The lowest BCUT2D eigenvalue weighted by atomic mass is 9.89. The van der Waals surface area contributed by atoms with Gasteiger partial charge in [0.05, 0.1) is 18.6 Å². The summed E-state index contributed by atoms with van der Waals surface area (Å²) in [4.78, 5) is 1.24. The van der Waals surface area contributed by atoms with E-state index in [1.54, 1.807) is 7.11 Å². The molecule has 18 heavy (non-hydrogen) atoms. The van der Waals surface area contributed by atoms with Crippen molar-refractivity contribution in [3.8, 4) is 11.8 Å². The van der Waals surface area contributed by atoms with Crippen LogP contribution >= 0.6 is 11.8 Å². The van der Waals surface area contributed by atoms with Gasteiger partial charge in [-0.2, -0.15) is 5.26 Å². The Morgan fingerprint density at radius 3 is 2.78 bits per heavy atom. The molecular weight excluding hydrogens is 242 g/mol. The molecule has 0 radical (unpaired) electrons. The van der Waals surface area contributed by atoms with E-state index in [0.717, 1.165) is 30.8 Å². The van der Waals surface area contributed by atoms with Crippen LogP contribution in [0.1, 0.15) is 33.1 Å². The Morgan fingerprint density at radius 1 is 1.33 bits per heavy atom. The van der Waals surface area contributed by atoms with Crippen molar-refractivity contribution < 1.29 is 4.74 Å². The van der Waals surface area contributed by atoms with Crippen LogP contribution in [0.3, 0.4) is 0 Å². The highest BCUT2D eigenvalue weighted by molar-refractivity contribution is 7.99. The second kappa shape index (κ2) is 7.33. The molecule has 0 fully saturated rings. The first-order valence-electron chi connectivity index (χ1n) is 6.25. The number of ether oxygens (including phenoxy) is 1. The van der Waals surface area contributed by atoms with E-state index in [1.807, 2.05) is 37.7 Å². The van der Waals surface area contributed by atoms with E-state index in [4.69, 9.17) is 10.00 Å². The summed E-state index contributed by atoms with van der Waals surface area (Å²) in [6.45, 7) is 4.00. The first-order valence-corrected chi connectivity index (χ1v) is 7.24. The van der Waals surface area contributed by atoms with Crippen LogP contribution in [-0.4, -0.2) is 12.9 Å². The largest absolute Gasteiger partial charge is 0.497 e. The molecular formula is C15H21NOS. The van der Waals surface area contributed by atoms with Crippen molar-refractivity contribution in [2.75, 3.05) is 12.9 Å². The summed E-state index contributed by atoms with van der Waals surface area (Å²) in [6.07, 6.45) is 3.23. The third kappa shape index (κ3) is 5.46. The number of thioether (sulfide) groups is 1. The normalized spacial score (nSPS) is 11.0. The van der Waals surface area contributed by atoms with Crippen LogP contribution in [0, 0.1) is 16.7 Å². The molecule has 0 bridgehead atoms. The highest BCUT2D eigenvalue weighted by Gasteiger charge is 2.15. The molecule has 0 saturated heterocycles. The third-order valence-electron chi connectivity index (χ3n) is 2.81. The van der Waals surface area contributed by atoms with Crippen molar-refractivity contribution in [2.45, 2.75) is 38.0 Å². The minimum Gasteiger partial charge on any atom is -0.497 e. The van der Waals surface area contributed by atoms with Crippen LogP contribution in [0.15, 0.2) is 29.2 Å². The molecule has 0 amide bonds. The molecule has 0 aliphatic carbocycles. The standard InChI is InChI=1S/C15H21NOS/c1-15(2,12-16)9-4-5-10-18-14-8-6-7-13(11-14)17-3/h6-8,11H,4-5,9-10H2,1-3H3. The fourth-order valence-electron chi connectivity index (χ4n) is 1.61. The molecule has 0 N–H and O–H groups in total. The summed E-state index contributed by atoms with van der Waals surface area (Å²) in [7, 11) is 1.69. The van der Waals surface area contributed by atoms with Gasteiger partial charge >= 0.3 is 0 Å². The average molecular weight is 263 g/mol. The molecule has 1 aromatic carbocycles. The third-order valence-corrected chi connectivity index (χ3v) is 3.89. The minimum atomic E-state index is -0.180. The molecule has 0 unspecified atom stereocenters. The second-order valence-corrected chi connectivity index (χ2v) is 6.15. The zero-order chi connectivity index (χ0) is 13.4. The Kier molecular flexibility index (Phi) is 6.07. The predicted octanol–water partition coefficient (Wildman–Crippen LogP) is 4.51. The highest BCUT2D eigenvalue weighted by Crippen LogP contribution is 2.26. The van der Waals surface area contributed by atoms with Crippen molar-refractivity contribution in [1.29, 1.82) is 5.26 Å². The molecule has 1 rings (SSSR count). The molecule has 3 heteroatoms. The number of hydrogen-bond donors (Lipinski definition) is 0. The molecule has 0 saturated carbocycles. The minimum absolute atomic E-state index is 0.180. The monoisotopic (exact) mass is 263 g/mol. The summed E-state index contributed by atoms with van der Waals surface area (Å²) in [5.74, 6) is 2.00. The van der Waals surface area contributed by atoms with Gasteiger partial charge in [-0.15, -0.1) is 11.8 Å². The number of nitriles is 1. The number of rotatable bonds is 7. The summed E-state index contributed by atoms with van der Waals surface area (Å²) in [5, 5.41) is 8.92. The molecule has 0 atom stereocenters. The molecule has 2 nitrogen and oxygen atoms in total. The summed E-state index contributed by atoms with van der Waals surface area (Å²) in [5.41, 5.74) is -0.180. The van der Waals surface area contributed by atoms with Gasteiger partial charge in [0, 0.05) is 4.90 Å². The Morgan fingerprint density at radius 2 is 2.11 bits per heavy atom. The first kappa shape index (κ1) is 14.9. The van der Waals surface area contributed by atoms with Gasteiger partial charge in [0.25, 0.3) is 0 Å². The van der Waals surface area contributed by atoms with Crippen LogP contribution in [0.5, 0.6) is 5.75 Å². The Labute approximate surface area is 114 Å². The Hall–Kier alpha value is -1.14. The zero-order valence-corrected chi connectivity index (χ0v) is 12.2. The zero-order valence-electron chi connectivity index (χ0n) is 11.4. The average Bonchev–Trinajstić information content (AvgIpc) is 2.38. The van der Waals surface area contributed by atoms with Crippen molar-refractivity contribution >= 4 is 11.8 Å². The van der Waals surface area contributed by atoms with Crippen LogP contribution in [0.2, 0.25) is 0 Å². The Balaban J connectivity index is 2.24. The number of unbranched alkanes of at least 4 members (excludes halogenated alkanes) is 1. The van der Waals surface area contributed by atoms with Gasteiger partial charge in [-0.3, -0.25) is 0 Å². The van der Waals surface area contributed by atoms with Crippen LogP contribution in [-0.2, 0) is 0 Å². The molecule has 0 spiro atoms. The van der Waals surface area contributed by atoms with Crippen LogP contribution in [0.25, 0.3) is 0 Å². The molecule has 0 aliphatic rings. The van der Waals surface area contributed by atoms with E-state index in [2.05, 4.69) is 18.2 Å². The predicted molar refractivity (Wildman–Crippen MR) is 77.0 cm³/mol. The van der Waals surface area contributed by atoms with Crippen LogP contribution in [0.4, 0.5) is 0 Å². The van der Waals surface area contributed by atoms with Crippen molar-refractivity contribution in [3.63, 3.8) is 0 Å². The maximum Gasteiger partial charge on any atom is 0.119 e. The summed E-state index contributed by atoms with van der Waals surface area (Å²) < 4.78 is 5.19. The van der Waals surface area contributed by atoms with Gasteiger partial charge < -0.3 is 4.74 Å². The van der Waals surface area contributed by atoms with Crippen molar-refractivity contribution in [3.05, 3.63) is 24.3 Å². The van der Waals surface area contributed by atoms with E-state index in [0.29, 0.717) is 0 Å². The van der Waals surface area contributed by atoms with E-state index < -0.39 is 0 Å². The summed E-state index contributed by atoms with van der Waals surface area (Å²) in [6, 6.07) is 10.5. The Bertz CT molecular complexity index is 409. The lowest BCUT2D eigenvalue weighted by molar-refractivity contribution is 0.413. The smallest absolute Gasteiger partial charge is 0.119 e. The number of hydrogen-bond acceptors (Lipinski definition) is 3. The van der Waals surface area contributed by atoms with Crippen LogP contribution < -0.4 is 4.74 Å². The van der Waals surface area contributed by atoms with E-state index >= 15 is 0 Å². The first-order chi connectivity index (χ1) is 8.57. The molecule has 0 heterocycles.